The monoisotopic (exact) mass is 526 g/mol. The number of piperazine rings is 1. The summed E-state index contributed by atoms with van der Waals surface area (Å²) in [5.74, 6) is -0.208. The molecule has 39 heavy (non-hydrogen) atoms. The van der Waals surface area contributed by atoms with E-state index in [1.807, 2.05) is 12.1 Å². The van der Waals surface area contributed by atoms with Crippen LogP contribution in [-0.4, -0.2) is 42.0 Å². The van der Waals surface area contributed by atoms with Crippen molar-refractivity contribution in [2.24, 2.45) is 0 Å². The van der Waals surface area contributed by atoms with Crippen LogP contribution >= 0.6 is 0 Å². The Kier molecular flexibility index (Phi) is 7.53. The zero-order valence-electron chi connectivity index (χ0n) is 21.8. The van der Waals surface area contributed by atoms with Gasteiger partial charge in [0.15, 0.2) is 5.78 Å². The summed E-state index contributed by atoms with van der Waals surface area (Å²) >= 11 is 0. The van der Waals surface area contributed by atoms with Gasteiger partial charge < -0.3 is 9.42 Å². The second-order valence-electron chi connectivity index (χ2n) is 9.79. The number of hydrogen-bond donors (Lipinski definition) is 0. The van der Waals surface area contributed by atoms with E-state index in [-0.39, 0.29) is 29.9 Å². The second-order valence-corrected chi connectivity index (χ2v) is 9.79. The van der Waals surface area contributed by atoms with Gasteiger partial charge in [0.05, 0.1) is 28.6 Å². The number of Topliss-reactive ketones (excluding diaryl/α,β-unsaturated/α-hetero) is 1. The number of nitrogens with zero attached hydrogens (tertiary/aromatic N) is 4. The van der Waals surface area contributed by atoms with Crippen molar-refractivity contribution >= 4 is 11.5 Å². The molecule has 1 aliphatic rings. The fourth-order valence-corrected chi connectivity index (χ4v) is 5.34. The Morgan fingerprint density at radius 1 is 0.949 bits per heavy atom. The minimum Gasteiger partial charge on any atom is -0.368 e. The van der Waals surface area contributed by atoms with Crippen LogP contribution in [-0.2, 0) is 6.42 Å². The lowest BCUT2D eigenvalue weighted by atomic mass is 9.96. The number of rotatable bonds is 7. The van der Waals surface area contributed by atoms with E-state index in [1.54, 1.807) is 44.2 Å². The van der Waals surface area contributed by atoms with Gasteiger partial charge in [-0.2, -0.15) is 5.26 Å². The van der Waals surface area contributed by atoms with Crippen molar-refractivity contribution in [2.45, 2.75) is 26.3 Å². The van der Waals surface area contributed by atoms with E-state index in [4.69, 9.17) is 4.52 Å². The number of aryl methyl sites for hydroxylation is 2. The lowest BCUT2D eigenvalue weighted by Crippen LogP contribution is -2.48. The Labute approximate surface area is 226 Å². The average molecular weight is 527 g/mol. The molecule has 1 aromatic heterocycles. The quantitative estimate of drug-likeness (QED) is 0.284. The van der Waals surface area contributed by atoms with Gasteiger partial charge in [-0.05, 0) is 66.9 Å². The van der Waals surface area contributed by atoms with Gasteiger partial charge in [0.1, 0.15) is 23.5 Å². The topological polar surface area (TPSA) is 73.4 Å². The molecule has 0 atom stereocenters. The maximum Gasteiger partial charge on any atom is 0.172 e. The molecule has 2 heterocycles. The van der Waals surface area contributed by atoms with Crippen LogP contribution in [0, 0.1) is 36.8 Å². The molecule has 6 nitrogen and oxygen atoms in total. The molecular formula is C31H28F2N4O2. The summed E-state index contributed by atoms with van der Waals surface area (Å²) in [6, 6.07) is 20.6. The van der Waals surface area contributed by atoms with E-state index in [0.717, 1.165) is 22.4 Å². The predicted molar refractivity (Wildman–Crippen MR) is 144 cm³/mol. The highest BCUT2D eigenvalue weighted by molar-refractivity contribution is 5.99. The number of ketones is 1. The van der Waals surface area contributed by atoms with Crippen LogP contribution in [0.4, 0.5) is 14.5 Å². The van der Waals surface area contributed by atoms with Gasteiger partial charge in [-0.25, -0.2) is 8.78 Å². The van der Waals surface area contributed by atoms with E-state index in [0.29, 0.717) is 48.8 Å². The molecule has 198 valence electrons. The molecular weight excluding hydrogens is 498 g/mol. The molecule has 0 aliphatic carbocycles. The van der Waals surface area contributed by atoms with Crippen molar-refractivity contribution in [3.05, 3.63) is 118 Å². The summed E-state index contributed by atoms with van der Waals surface area (Å²) in [5.41, 5.74) is 5.01. The lowest BCUT2D eigenvalue weighted by Gasteiger charge is -2.41. The summed E-state index contributed by atoms with van der Waals surface area (Å²) in [4.78, 5) is 17.3. The first kappa shape index (κ1) is 26.3. The highest BCUT2D eigenvalue weighted by Crippen LogP contribution is 2.32. The average Bonchev–Trinajstić information content (AvgIpc) is 3.29. The van der Waals surface area contributed by atoms with E-state index in [2.05, 4.69) is 21.0 Å². The first-order valence-corrected chi connectivity index (χ1v) is 12.8. The summed E-state index contributed by atoms with van der Waals surface area (Å²) in [5, 5.41) is 13.8. The van der Waals surface area contributed by atoms with Crippen LogP contribution in [0.25, 0.3) is 0 Å². The van der Waals surface area contributed by atoms with Crippen LogP contribution in [0.1, 0.15) is 50.1 Å². The van der Waals surface area contributed by atoms with Crippen molar-refractivity contribution in [1.82, 2.24) is 10.1 Å². The molecule has 5 rings (SSSR count). The van der Waals surface area contributed by atoms with Crippen molar-refractivity contribution in [2.75, 3.05) is 31.1 Å². The maximum atomic E-state index is 13.6. The highest BCUT2D eigenvalue weighted by atomic mass is 19.1. The van der Waals surface area contributed by atoms with E-state index >= 15 is 0 Å². The fraction of sp³-hybridized carbons (Fsp3) is 0.258. The van der Waals surface area contributed by atoms with Gasteiger partial charge in [0.2, 0.25) is 0 Å². The number of carbonyl (C=O) groups excluding carboxylic acids is 1. The molecule has 1 aliphatic heterocycles. The fourth-order valence-electron chi connectivity index (χ4n) is 5.34. The number of anilines is 1. The van der Waals surface area contributed by atoms with Crippen molar-refractivity contribution in [1.29, 1.82) is 5.26 Å². The number of benzene rings is 3. The number of halogens is 2. The highest BCUT2D eigenvalue weighted by Gasteiger charge is 2.28. The van der Waals surface area contributed by atoms with Gasteiger partial charge in [-0.3, -0.25) is 9.69 Å². The Balaban J connectivity index is 1.32. The molecule has 8 heteroatoms. The van der Waals surface area contributed by atoms with Crippen molar-refractivity contribution < 1.29 is 18.1 Å². The molecule has 0 bridgehead atoms. The molecule has 0 saturated carbocycles. The van der Waals surface area contributed by atoms with Crippen LogP contribution in [0.5, 0.6) is 0 Å². The zero-order chi connectivity index (χ0) is 27.5. The number of hydrogen-bond acceptors (Lipinski definition) is 6. The second kappa shape index (κ2) is 11.2. The van der Waals surface area contributed by atoms with Crippen LogP contribution in [0.15, 0.2) is 71.3 Å². The standard InChI is InChI=1S/C31H28F2N4O2/c1-20-30(21(2)39-35-20)29(38)18-22-3-12-28(25(17-22)19-34)36-13-15-37(16-14-36)31(23-4-8-26(32)9-5-23)24-6-10-27(33)11-7-24/h3-12,17,31H,13-16,18H2,1-2H3. The normalized spacial score (nSPS) is 14.0. The molecule has 0 spiro atoms. The van der Waals surface area contributed by atoms with Crippen LogP contribution < -0.4 is 4.90 Å². The number of carbonyl (C=O) groups is 1. The summed E-state index contributed by atoms with van der Waals surface area (Å²) in [6.45, 7) is 6.18. The van der Waals surface area contributed by atoms with Gasteiger partial charge >= 0.3 is 0 Å². The maximum absolute atomic E-state index is 13.6. The van der Waals surface area contributed by atoms with E-state index in [9.17, 15) is 18.8 Å². The van der Waals surface area contributed by atoms with Crippen molar-refractivity contribution in [3.8, 4) is 6.07 Å². The Morgan fingerprint density at radius 2 is 1.54 bits per heavy atom. The number of nitriles is 1. The van der Waals surface area contributed by atoms with Crippen molar-refractivity contribution in [3.63, 3.8) is 0 Å². The minimum absolute atomic E-state index is 0.0934. The zero-order valence-corrected chi connectivity index (χ0v) is 21.8. The third-order valence-electron chi connectivity index (χ3n) is 7.25. The Morgan fingerprint density at radius 3 is 2.05 bits per heavy atom. The SMILES string of the molecule is Cc1noc(C)c1C(=O)Cc1ccc(N2CCN(C(c3ccc(F)cc3)c3ccc(F)cc3)CC2)c(C#N)c1. The third-order valence-corrected chi connectivity index (χ3v) is 7.25. The molecule has 1 fully saturated rings. The summed E-state index contributed by atoms with van der Waals surface area (Å²) < 4.78 is 32.4. The van der Waals surface area contributed by atoms with Gasteiger partial charge in [0, 0.05) is 32.6 Å². The predicted octanol–water partition coefficient (Wildman–Crippen LogP) is 5.78. The number of aromatic nitrogens is 1. The molecule has 0 radical (unpaired) electrons. The Hall–Kier alpha value is -4.35. The summed E-state index contributed by atoms with van der Waals surface area (Å²) in [7, 11) is 0. The molecule has 0 N–H and O–H groups in total. The first-order chi connectivity index (χ1) is 18.8. The molecule has 4 aromatic rings. The molecule has 0 amide bonds. The first-order valence-electron chi connectivity index (χ1n) is 12.8. The van der Waals surface area contributed by atoms with E-state index in [1.165, 1.54) is 24.3 Å². The summed E-state index contributed by atoms with van der Waals surface area (Å²) in [6.07, 6.45) is 0.155. The lowest BCUT2D eigenvalue weighted by molar-refractivity contribution is 0.0991. The minimum atomic E-state index is -0.303. The largest absolute Gasteiger partial charge is 0.368 e. The van der Waals surface area contributed by atoms with E-state index < -0.39 is 0 Å². The smallest absolute Gasteiger partial charge is 0.172 e. The third kappa shape index (κ3) is 5.59. The van der Waals surface area contributed by atoms with Crippen LogP contribution in [0.2, 0.25) is 0 Å². The Bertz CT molecular complexity index is 1450. The molecule has 1 saturated heterocycles. The van der Waals surface area contributed by atoms with Crippen LogP contribution in [0.3, 0.4) is 0 Å². The van der Waals surface area contributed by atoms with Gasteiger partial charge in [0.25, 0.3) is 0 Å². The van der Waals surface area contributed by atoms with Gasteiger partial charge in [-0.15, -0.1) is 0 Å². The molecule has 3 aromatic carbocycles. The van der Waals surface area contributed by atoms with Gasteiger partial charge in [-0.1, -0.05) is 35.5 Å². The molecule has 0 unspecified atom stereocenters.